The minimum Gasteiger partial charge on any atom is -0.361 e. The Labute approximate surface area is 122 Å². The van der Waals surface area contributed by atoms with Crippen LogP contribution in [0.25, 0.3) is 0 Å². The Kier molecular flexibility index (Phi) is 5.18. The fraction of sp³-hybridized carbons (Fsp3) is 0.933. The van der Waals surface area contributed by atoms with E-state index in [1.165, 1.54) is 49.8 Å². The molecular weight excluding hydrogens is 254 g/mol. The number of likely N-dealkylation sites (tertiary alicyclic amines) is 1. The van der Waals surface area contributed by atoms with Gasteiger partial charge >= 0.3 is 0 Å². The van der Waals surface area contributed by atoms with Gasteiger partial charge in [-0.15, -0.1) is 0 Å². The van der Waals surface area contributed by atoms with Crippen molar-refractivity contribution in [3.63, 3.8) is 0 Å². The summed E-state index contributed by atoms with van der Waals surface area (Å²) in [5.74, 6) is 1.21. The van der Waals surface area contributed by atoms with E-state index >= 15 is 0 Å². The average Bonchev–Trinajstić information content (AvgIpc) is 2.38. The Balaban J connectivity index is 1.92. The van der Waals surface area contributed by atoms with Gasteiger partial charge in [-0.3, -0.25) is 4.99 Å². The van der Waals surface area contributed by atoms with Crippen LogP contribution in [0.3, 0.4) is 0 Å². The molecule has 2 aliphatic rings. The molecule has 0 aromatic heterocycles. The van der Waals surface area contributed by atoms with E-state index < -0.39 is 0 Å². The molecule has 0 aromatic carbocycles. The first kappa shape index (κ1) is 15.2. The predicted molar refractivity (Wildman–Crippen MR) is 86.0 cm³/mol. The van der Waals surface area contributed by atoms with Crippen LogP contribution in [0.15, 0.2) is 4.99 Å². The van der Waals surface area contributed by atoms with Crippen molar-refractivity contribution in [3.8, 4) is 0 Å². The second-order valence-electron chi connectivity index (χ2n) is 6.83. The van der Waals surface area contributed by atoms with Crippen LogP contribution < -0.4 is 5.32 Å². The van der Waals surface area contributed by atoms with E-state index in [1.807, 2.05) is 11.8 Å². The van der Waals surface area contributed by atoms with E-state index in [9.17, 15) is 0 Å². The molecule has 2 rings (SSSR count). The number of nitrogens with zero attached hydrogens (tertiary/aromatic N) is 2. The van der Waals surface area contributed by atoms with Crippen LogP contribution in [0, 0.1) is 5.41 Å². The lowest BCUT2D eigenvalue weighted by atomic mass is 9.85. The zero-order valence-electron chi connectivity index (χ0n) is 12.9. The van der Waals surface area contributed by atoms with Gasteiger partial charge in [-0.05, 0) is 37.8 Å². The Hall–Kier alpha value is -0.220. The fourth-order valence-corrected chi connectivity index (χ4v) is 3.84. The number of hydrogen-bond acceptors (Lipinski definition) is 4. The Morgan fingerprint density at radius 3 is 2.84 bits per heavy atom. The van der Waals surface area contributed by atoms with E-state index in [2.05, 4.69) is 37.9 Å². The van der Waals surface area contributed by atoms with E-state index in [1.54, 1.807) is 0 Å². The van der Waals surface area contributed by atoms with Gasteiger partial charge in [-0.25, -0.2) is 0 Å². The molecule has 4 heteroatoms. The summed E-state index contributed by atoms with van der Waals surface area (Å²) >= 11 is 1.91. The third-order valence-electron chi connectivity index (χ3n) is 4.18. The lowest BCUT2D eigenvalue weighted by molar-refractivity contribution is 0.210. The molecule has 110 valence electrons. The van der Waals surface area contributed by atoms with Crippen molar-refractivity contribution in [2.45, 2.75) is 59.0 Å². The van der Waals surface area contributed by atoms with Crippen molar-refractivity contribution in [1.29, 1.82) is 0 Å². The molecule has 19 heavy (non-hydrogen) atoms. The highest BCUT2D eigenvalue weighted by Gasteiger charge is 2.28. The summed E-state index contributed by atoms with van der Waals surface area (Å²) in [5.41, 5.74) is 0.288. The zero-order chi connectivity index (χ0) is 13.9. The quantitative estimate of drug-likeness (QED) is 0.844. The number of likely N-dealkylation sites (N-methyl/N-ethyl adjacent to an activating group) is 1. The summed E-state index contributed by atoms with van der Waals surface area (Å²) in [5, 5.41) is 4.88. The van der Waals surface area contributed by atoms with Crippen LogP contribution in [0.2, 0.25) is 0 Å². The first-order valence-corrected chi connectivity index (χ1v) is 8.67. The molecule has 1 fully saturated rings. The monoisotopic (exact) mass is 283 g/mol. The van der Waals surface area contributed by atoms with Crippen LogP contribution in [-0.2, 0) is 0 Å². The van der Waals surface area contributed by atoms with Crippen molar-refractivity contribution in [3.05, 3.63) is 0 Å². The van der Waals surface area contributed by atoms with Crippen molar-refractivity contribution in [2.24, 2.45) is 10.4 Å². The molecule has 2 atom stereocenters. The maximum absolute atomic E-state index is 4.95. The highest BCUT2D eigenvalue weighted by Crippen LogP contribution is 2.30. The normalized spacial score (nSPS) is 30.0. The number of hydrogen-bond donors (Lipinski definition) is 1. The van der Waals surface area contributed by atoms with Crippen molar-refractivity contribution in [1.82, 2.24) is 10.2 Å². The lowest BCUT2D eigenvalue weighted by Crippen LogP contribution is -2.48. The van der Waals surface area contributed by atoms with Crippen LogP contribution >= 0.6 is 11.8 Å². The van der Waals surface area contributed by atoms with Gasteiger partial charge in [-0.1, -0.05) is 39.5 Å². The summed E-state index contributed by atoms with van der Waals surface area (Å²) in [4.78, 5) is 7.49. The summed E-state index contributed by atoms with van der Waals surface area (Å²) in [7, 11) is 0. The third kappa shape index (κ3) is 4.38. The Morgan fingerprint density at radius 2 is 2.16 bits per heavy atom. The highest BCUT2D eigenvalue weighted by atomic mass is 32.2. The number of amidine groups is 1. The van der Waals surface area contributed by atoms with Gasteiger partial charge in [0, 0.05) is 18.3 Å². The Bertz CT molecular complexity index is 322. The average molecular weight is 283 g/mol. The molecule has 0 amide bonds. The molecule has 0 bridgehead atoms. The number of aliphatic imine (C=N–C) groups is 1. The van der Waals surface area contributed by atoms with Crippen molar-refractivity contribution < 1.29 is 0 Å². The van der Waals surface area contributed by atoms with Crippen LogP contribution in [0.5, 0.6) is 0 Å². The lowest BCUT2D eigenvalue weighted by Gasteiger charge is -2.35. The minimum absolute atomic E-state index is 0.288. The molecule has 0 aromatic rings. The zero-order valence-corrected chi connectivity index (χ0v) is 13.7. The number of thioether (sulfide) groups is 1. The summed E-state index contributed by atoms with van der Waals surface area (Å²) in [6, 6.07) is 1.07. The number of rotatable bonds is 2. The van der Waals surface area contributed by atoms with Crippen LogP contribution in [0.4, 0.5) is 0 Å². The Morgan fingerprint density at radius 1 is 1.37 bits per heavy atom. The highest BCUT2D eigenvalue weighted by molar-refractivity contribution is 8.13. The topological polar surface area (TPSA) is 27.6 Å². The van der Waals surface area contributed by atoms with Crippen LogP contribution in [0.1, 0.15) is 47.0 Å². The van der Waals surface area contributed by atoms with Gasteiger partial charge in [0.1, 0.15) is 0 Å². The van der Waals surface area contributed by atoms with Gasteiger partial charge in [-0.2, -0.15) is 0 Å². The van der Waals surface area contributed by atoms with Gasteiger partial charge in [0.2, 0.25) is 0 Å². The van der Waals surface area contributed by atoms with Crippen molar-refractivity contribution in [2.75, 3.05) is 25.4 Å². The molecule has 3 nitrogen and oxygen atoms in total. The molecule has 0 saturated carbocycles. The predicted octanol–water partition coefficient (Wildman–Crippen LogP) is 2.97. The van der Waals surface area contributed by atoms with E-state index in [-0.39, 0.29) is 5.41 Å². The fourth-order valence-electron chi connectivity index (χ4n) is 2.85. The molecule has 0 aliphatic carbocycles. The molecule has 0 radical (unpaired) electrons. The van der Waals surface area contributed by atoms with Gasteiger partial charge in [0.05, 0.1) is 6.04 Å². The van der Waals surface area contributed by atoms with Gasteiger partial charge in [0.15, 0.2) is 5.17 Å². The van der Waals surface area contributed by atoms with Crippen molar-refractivity contribution >= 4 is 16.9 Å². The third-order valence-corrected chi connectivity index (χ3v) is 5.12. The molecule has 0 spiro atoms. The molecule has 1 N–H and O–H groups in total. The second-order valence-corrected chi connectivity index (χ2v) is 7.91. The SMILES string of the molecule is CCN1CCCC(NC2=NC(C(C)(C)C)CCS2)C1. The first-order chi connectivity index (χ1) is 8.99. The van der Waals surface area contributed by atoms with E-state index in [4.69, 9.17) is 4.99 Å². The summed E-state index contributed by atoms with van der Waals surface area (Å²) < 4.78 is 0. The first-order valence-electron chi connectivity index (χ1n) is 7.68. The van der Waals surface area contributed by atoms with Gasteiger partial charge < -0.3 is 10.2 Å². The summed E-state index contributed by atoms with van der Waals surface area (Å²) in [6.45, 7) is 12.8. The minimum atomic E-state index is 0.288. The number of piperidine rings is 1. The smallest absolute Gasteiger partial charge is 0.157 e. The maximum atomic E-state index is 4.95. The summed E-state index contributed by atoms with van der Waals surface area (Å²) in [6.07, 6.45) is 3.81. The molecular formula is C15H29N3S. The standard InChI is InChI=1S/C15H29N3S/c1-5-18-9-6-7-12(11-18)16-14-17-13(8-10-19-14)15(2,3)4/h12-13H,5-11H2,1-4H3,(H,16,17). The second kappa shape index (κ2) is 6.49. The van der Waals surface area contributed by atoms with E-state index in [0.29, 0.717) is 12.1 Å². The van der Waals surface area contributed by atoms with E-state index in [0.717, 1.165) is 0 Å². The largest absolute Gasteiger partial charge is 0.361 e. The molecule has 2 heterocycles. The van der Waals surface area contributed by atoms with Crippen LogP contribution in [-0.4, -0.2) is 47.5 Å². The maximum Gasteiger partial charge on any atom is 0.157 e. The molecule has 2 aliphatic heterocycles. The van der Waals surface area contributed by atoms with Gasteiger partial charge in [0.25, 0.3) is 0 Å². The number of nitrogens with one attached hydrogen (secondary N) is 1. The molecule has 2 unspecified atom stereocenters. The molecule has 1 saturated heterocycles.